The first-order valence-corrected chi connectivity index (χ1v) is 11.1. The number of anilines is 2. The van der Waals surface area contributed by atoms with Gasteiger partial charge in [0.2, 0.25) is 11.8 Å². The predicted octanol–water partition coefficient (Wildman–Crippen LogP) is 3.33. The van der Waals surface area contributed by atoms with Crippen molar-refractivity contribution in [2.45, 2.75) is 32.9 Å². The van der Waals surface area contributed by atoms with Gasteiger partial charge in [-0.25, -0.2) is 0 Å². The minimum absolute atomic E-state index is 0.0381. The molecule has 2 aliphatic rings. The third-order valence-corrected chi connectivity index (χ3v) is 6.16. The number of amides is 2. The number of aryl methyl sites for hydroxylation is 2. The fraction of sp³-hybridized carbons (Fsp3) is 0.320. The summed E-state index contributed by atoms with van der Waals surface area (Å²) in [6.07, 6.45) is 3.38. The maximum atomic E-state index is 12.8. The van der Waals surface area contributed by atoms with Gasteiger partial charge < -0.3 is 19.7 Å². The molecule has 0 aliphatic carbocycles. The molecular weight excluding hydrogens is 420 g/mol. The van der Waals surface area contributed by atoms with E-state index in [9.17, 15) is 9.59 Å². The molecule has 170 valence electrons. The van der Waals surface area contributed by atoms with Crippen LogP contribution in [0.1, 0.15) is 17.5 Å². The van der Waals surface area contributed by atoms with Crippen LogP contribution in [0.25, 0.3) is 0 Å². The van der Waals surface area contributed by atoms with E-state index in [1.54, 1.807) is 22.0 Å². The first kappa shape index (κ1) is 21.1. The summed E-state index contributed by atoms with van der Waals surface area (Å²) < 4.78 is 13.4. The van der Waals surface area contributed by atoms with E-state index in [4.69, 9.17) is 9.47 Å². The fourth-order valence-electron chi connectivity index (χ4n) is 4.16. The molecule has 2 atom stereocenters. The summed E-state index contributed by atoms with van der Waals surface area (Å²) >= 11 is 0. The molecule has 1 fully saturated rings. The number of nitrogens with zero attached hydrogens (tertiary/aromatic N) is 3. The van der Waals surface area contributed by atoms with Gasteiger partial charge in [-0.05, 0) is 49.2 Å². The Balaban J connectivity index is 1.18. The Bertz CT molecular complexity index is 1200. The minimum atomic E-state index is -0.408. The van der Waals surface area contributed by atoms with Gasteiger partial charge in [0.05, 0.1) is 24.3 Å². The highest BCUT2D eigenvalue weighted by molar-refractivity contribution is 6.03. The smallest absolute Gasteiger partial charge is 0.229 e. The number of fused-ring (bicyclic) bond motifs is 1. The predicted molar refractivity (Wildman–Crippen MR) is 124 cm³/mol. The summed E-state index contributed by atoms with van der Waals surface area (Å²) in [5.41, 5.74) is 3.72. The van der Waals surface area contributed by atoms with Gasteiger partial charge in [-0.3, -0.25) is 14.3 Å². The lowest BCUT2D eigenvalue weighted by Crippen LogP contribution is -2.33. The van der Waals surface area contributed by atoms with E-state index < -0.39 is 5.92 Å². The van der Waals surface area contributed by atoms with Crippen molar-refractivity contribution < 1.29 is 19.1 Å². The zero-order valence-electron chi connectivity index (χ0n) is 18.7. The Morgan fingerprint density at radius 3 is 2.79 bits per heavy atom. The third-order valence-electron chi connectivity index (χ3n) is 6.16. The molecule has 8 nitrogen and oxygen atoms in total. The Morgan fingerprint density at radius 2 is 1.97 bits per heavy atom. The van der Waals surface area contributed by atoms with Crippen LogP contribution in [0.2, 0.25) is 0 Å². The number of carbonyl (C=O) groups is 2. The Hall–Kier alpha value is -3.81. The number of benzene rings is 2. The third kappa shape index (κ3) is 4.41. The number of nitrogens with one attached hydrogen (secondary N) is 1. The maximum Gasteiger partial charge on any atom is 0.229 e. The number of para-hydroxylation sites is 2. The monoisotopic (exact) mass is 446 g/mol. The molecule has 5 rings (SSSR count). The fourth-order valence-corrected chi connectivity index (χ4v) is 4.16. The first-order chi connectivity index (χ1) is 16.0. The second-order valence-electron chi connectivity index (χ2n) is 8.61. The van der Waals surface area contributed by atoms with Gasteiger partial charge in [-0.2, -0.15) is 5.10 Å². The molecule has 0 bridgehead atoms. The van der Waals surface area contributed by atoms with Crippen LogP contribution in [-0.2, 0) is 16.1 Å². The zero-order chi connectivity index (χ0) is 22.9. The van der Waals surface area contributed by atoms with Gasteiger partial charge in [0.25, 0.3) is 0 Å². The molecule has 33 heavy (non-hydrogen) atoms. The van der Waals surface area contributed by atoms with Crippen LogP contribution in [0.3, 0.4) is 0 Å². The van der Waals surface area contributed by atoms with Gasteiger partial charge in [0.1, 0.15) is 6.61 Å². The molecule has 8 heteroatoms. The number of aromatic nitrogens is 2. The number of hydrogen-bond donors (Lipinski definition) is 1. The quantitative estimate of drug-likeness (QED) is 0.650. The summed E-state index contributed by atoms with van der Waals surface area (Å²) in [5.74, 6) is 0.829. The molecule has 0 unspecified atom stereocenters. The van der Waals surface area contributed by atoms with Crippen molar-refractivity contribution in [2.75, 3.05) is 23.4 Å². The van der Waals surface area contributed by atoms with E-state index >= 15 is 0 Å². The summed E-state index contributed by atoms with van der Waals surface area (Å²) in [4.78, 5) is 27.1. The number of carbonyl (C=O) groups excluding carboxylic acids is 2. The van der Waals surface area contributed by atoms with Gasteiger partial charge in [0.15, 0.2) is 17.6 Å². The molecule has 0 spiro atoms. The average molecular weight is 447 g/mol. The topological polar surface area (TPSA) is 85.7 Å². The van der Waals surface area contributed by atoms with E-state index in [2.05, 4.69) is 10.4 Å². The standard InChI is InChI=1S/C25H26N4O4/c1-16-7-8-20(9-17(16)2)29-12-18(10-24(29)30)25(31)27-19-11-26-28(13-19)14-21-15-32-22-5-3-4-6-23(22)33-21/h3-9,11,13,18,21H,10,12,14-15H2,1-2H3,(H,27,31)/t18-,21+/m1/s1. The van der Waals surface area contributed by atoms with Crippen molar-refractivity contribution in [3.8, 4) is 11.5 Å². The number of hydrogen-bond acceptors (Lipinski definition) is 5. The van der Waals surface area contributed by atoms with Gasteiger partial charge in [-0.15, -0.1) is 0 Å². The normalized spacial score (nSPS) is 19.6. The molecule has 1 aromatic heterocycles. The molecule has 0 radical (unpaired) electrons. The molecule has 0 saturated carbocycles. The zero-order valence-corrected chi connectivity index (χ0v) is 18.7. The maximum absolute atomic E-state index is 12.8. The number of rotatable bonds is 5. The van der Waals surface area contributed by atoms with E-state index in [1.807, 2.05) is 56.3 Å². The van der Waals surface area contributed by atoms with Crippen LogP contribution >= 0.6 is 0 Å². The van der Waals surface area contributed by atoms with Crippen molar-refractivity contribution in [1.29, 1.82) is 0 Å². The van der Waals surface area contributed by atoms with Crippen LogP contribution in [0.15, 0.2) is 54.9 Å². The highest BCUT2D eigenvalue weighted by Crippen LogP contribution is 2.31. The van der Waals surface area contributed by atoms with Crippen LogP contribution in [0, 0.1) is 19.8 Å². The van der Waals surface area contributed by atoms with Crippen molar-refractivity contribution in [2.24, 2.45) is 5.92 Å². The SMILES string of the molecule is Cc1ccc(N2C[C@H](C(=O)Nc3cnn(C[C@H]4COc5ccccc5O4)c3)CC2=O)cc1C. The van der Waals surface area contributed by atoms with Crippen molar-refractivity contribution >= 4 is 23.2 Å². The summed E-state index contributed by atoms with van der Waals surface area (Å²) in [6, 6.07) is 13.5. The van der Waals surface area contributed by atoms with E-state index in [-0.39, 0.29) is 24.3 Å². The Labute approximate surface area is 192 Å². The minimum Gasteiger partial charge on any atom is -0.486 e. The van der Waals surface area contributed by atoms with Crippen LogP contribution in [0.4, 0.5) is 11.4 Å². The van der Waals surface area contributed by atoms with Gasteiger partial charge in [0, 0.05) is 24.8 Å². The molecule has 2 aliphatic heterocycles. The summed E-state index contributed by atoms with van der Waals surface area (Å²) in [5, 5.41) is 7.23. The highest BCUT2D eigenvalue weighted by atomic mass is 16.6. The number of ether oxygens (including phenoxy) is 2. The summed E-state index contributed by atoms with van der Waals surface area (Å²) in [6.45, 7) is 5.34. The highest BCUT2D eigenvalue weighted by Gasteiger charge is 2.35. The molecular formula is C25H26N4O4. The molecule has 3 heterocycles. The molecule has 3 aromatic rings. The Kier molecular flexibility index (Phi) is 5.50. The first-order valence-electron chi connectivity index (χ1n) is 11.1. The van der Waals surface area contributed by atoms with Gasteiger partial charge in [-0.1, -0.05) is 18.2 Å². The molecule has 1 N–H and O–H groups in total. The molecule has 2 aromatic carbocycles. The molecule has 1 saturated heterocycles. The van der Waals surface area contributed by atoms with Crippen LogP contribution in [-0.4, -0.2) is 40.9 Å². The second kappa shape index (κ2) is 8.61. The van der Waals surface area contributed by atoms with Crippen molar-refractivity contribution in [3.05, 3.63) is 66.0 Å². The Morgan fingerprint density at radius 1 is 1.15 bits per heavy atom. The second-order valence-corrected chi connectivity index (χ2v) is 8.61. The van der Waals surface area contributed by atoms with Crippen molar-refractivity contribution in [1.82, 2.24) is 9.78 Å². The van der Waals surface area contributed by atoms with Crippen LogP contribution < -0.4 is 19.7 Å². The lowest BCUT2D eigenvalue weighted by atomic mass is 10.1. The largest absolute Gasteiger partial charge is 0.486 e. The lowest BCUT2D eigenvalue weighted by molar-refractivity contribution is -0.122. The van der Waals surface area contributed by atoms with E-state index in [0.717, 1.165) is 17.0 Å². The van der Waals surface area contributed by atoms with Crippen molar-refractivity contribution in [3.63, 3.8) is 0 Å². The van der Waals surface area contributed by atoms with E-state index in [1.165, 1.54) is 5.56 Å². The van der Waals surface area contributed by atoms with Crippen LogP contribution in [0.5, 0.6) is 11.5 Å². The lowest BCUT2D eigenvalue weighted by Gasteiger charge is -2.26. The summed E-state index contributed by atoms with van der Waals surface area (Å²) in [7, 11) is 0. The molecule has 2 amide bonds. The average Bonchev–Trinajstić information content (AvgIpc) is 3.42. The van der Waals surface area contributed by atoms with Gasteiger partial charge >= 0.3 is 0 Å². The van der Waals surface area contributed by atoms with E-state index in [0.29, 0.717) is 31.1 Å².